The van der Waals surface area contributed by atoms with Gasteiger partial charge in [0.1, 0.15) is 17.6 Å². The number of aromatic amines is 1. The highest BCUT2D eigenvalue weighted by Gasteiger charge is 2.54. The molecule has 8 heteroatoms. The molecule has 0 aliphatic carbocycles. The van der Waals surface area contributed by atoms with E-state index in [-0.39, 0.29) is 0 Å². The second-order valence-corrected chi connectivity index (χ2v) is 4.57. The van der Waals surface area contributed by atoms with Gasteiger partial charge in [0.25, 0.3) is 5.56 Å². The minimum atomic E-state index is -1.41. The van der Waals surface area contributed by atoms with Crippen molar-refractivity contribution in [2.75, 3.05) is 6.61 Å². The van der Waals surface area contributed by atoms with Crippen molar-refractivity contribution in [3.8, 4) is 6.07 Å². The standard InChI is InChI=1S/C11H13N3O5/c1-11(5-12)8(17)6(4-15)19-9(11)14-3-2-7(16)13-10(14)18/h2-3,6,8-9,15,17H,4H2,1H3,(H,13,16,18)/t6-,8-,9-,11+/m1/s1. The number of hydrogen-bond donors (Lipinski definition) is 3. The third kappa shape index (κ3) is 1.98. The number of nitriles is 1. The fourth-order valence-corrected chi connectivity index (χ4v) is 2.14. The first-order chi connectivity index (χ1) is 8.93. The predicted molar refractivity (Wildman–Crippen MR) is 62.0 cm³/mol. The van der Waals surface area contributed by atoms with Crippen molar-refractivity contribution in [1.29, 1.82) is 5.26 Å². The lowest BCUT2D eigenvalue weighted by Gasteiger charge is -2.25. The summed E-state index contributed by atoms with van der Waals surface area (Å²) in [5, 5.41) is 28.3. The minimum Gasteiger partial charge on any atom is -0.394 e. The first-order valence-corrected chi connectivity index (χ1v) is 5.61. The SMILES string of the molecule is C[C@]1(C#N)[C@H](O)[C@@H](CO)O[C@H]1n1ccc(=O)[nH]c1=O. The Labute approximate surface area is 107 Å². The predicted octanol–water partition coefficient (Wildman–Crippen LogP) is -1.68. The van der Waals surface area contributed by atoms with E-state index in [2.05, 4.69) is 0 Å². The molecule has 0 bridgehead atoms. The van der Waals surface area contributed by atoms with Crippen LogP contribution in [0.1, 0.15) is 13.2 Å². The Morgan fingerprint density at radius 3 is 2.84 bits per heavy atom. The average molecular weight is 267 g/mol. The monoisotopic (exact) mass is 267 g/mol. The van der Waals surface area contributed by atoms with E-state index in [4.69, 9.17) is 9.84 Å². The summed E-state index contributed by atoms with van der Waals surface area (Å²) >= 11 is 0. The molecule has 0 radical (unpaired) electrons. The van der Waals surface area contributed by atoms with Crippen LogP contribution >= 0.6 is 0 Å². The van der Waals surface area contributed by atoms with Crippen LogP contribution in [0.4, 0.5) is 0 Å². The molecule has 19 heavy (non-hydrogen) atoms. The van der Waals surface area contributed by atoms with Crippen molar-refractivity contribution in [3.63, 3.8) is 0 Å². The largest absolute Gasteiger partial charge is 0.394 e. The highest BCUT2D eigenvalue weighted by Crippen LogP contribution is 2.43. The molecule has 1 aliphatic heterocycles. The fourth-order valence-electron chi connectivity index (χ4n) is 2.14. The molecule has 1 aromatic rings. The topological polar surface area (TPSA) is 128 Å². The second kappa shape index (κ2) is 4.62. The van der Waals surface area contributed by atoms with Gasteiger partial charge in [0.05, 0.1) is 12.7 Å². The number of aliphatic hydroxyl groups is 2. The third-order valence-corrected chi connectivity index (χ3v) is 3.31. The number of ether oxygens (including phenoxy) is 1. The molecule has 1 saturated heterocycles. The average Bonchev–Trinajstić information content (AvgIpc) is 2.63. The van der Waals surface area contributed by atoms with Crippen molar-refractivity contribution >= 4 is 0 Å². The summed E-state index contributed by atoms with van der Waals surface area (Å²) in [4.78, 5) is 24.8. The summed E-state index contributed by atoms with van der Waals surface area (Å²) in [5.41, 5.74) is -2.72. The molecule has 102 valence electrons. The Morgan fingerprint density at radius 1 is 1.63 bits per heavy atom. The lowest BCUT2D eigenvalue weighted by Crippen LogP contribution is -2.40. The van der Waals surface area contributed by atoms with Gasteiger partial charge in [-0.05, 0) is 6.92 Å². The van der Waals surface area contributed by atoms with Crippen LogP contribution in [-0.2, 0) is 4.74 Å². The summed E-state index contributed by atoms with van der Waals surface area (Å²) in [5.74, 6) is 0. The van der Waals surface area contributed by atoms with Gasteiger partial charge in [-0.25, -0.2) is 4.79 Å². The Morgan fingerprint density at radius 2 is 2.32 bits per heavy atom. The molecule has 3 N–H and O–H groups in total. The van der Waals surface area contributed by atoms with Gasteiger partial charge in [-0.2, -0.15) is 5.26 Å². The van der Waals surface area contributed by atoms with Crippen molar-refractivity contribution in [2.45, 2.75) is 25.4 Å². The maximum atomic E-state index is 11.7. The summed E-state index contributed by atoms with van der Waals surface area (Å²) in [6, 6.07) is 3.02. The number of aliphatic hydroxyl groups excluding tert-OH is 2. The van der Waals surface area contributed by atoms with Gasteiger partial charge in [-0.1, -0.05) is 0 Å². The van der Waals surface area contributed by atoms with Crippen LogP contribution < -0.4 is 11.2 Å². The number of hydrogen-bond acceptors (Lipinski definition) is 6. The van der Waals surface area contributed by atoms with Gasteiger partial charge < -0.3 is 14.9 Å². The molecule has 2 heterocycles. The summed E-state index contributed by atoms with van der Waals surface area (Å²) in [7, 11) is 0. The number of nitrogens with one attached hydrogen (secondary N) is 1. The van der Waals surface area contributed by atoms with Gasteiger partial charge in [-0.15, -0.1) is 0 Å². The molecule has 0 unspecified atom stereocenters. The normalized spacial score (nSPS) is 34.1. The number of H-pyrrole nitrogens is 1. The van der Waals surface area contributed by atoms with E-state index in [1.165, 1.54) is 13.1 Å². The molecular weight excluding hydrogens is 254 g/mol. The summed E-state index contributed by atoms with van der Waals surface area (Å²) in [6.45, 7) is 0.947. The zero-order valence-electron chi connectivity index (χ0n) is 10.1. The smallest absolute Gasteiger partial charge is 0.330 e. The molecule has 1 fully saturated rings. The highest BCUT2D eigenvalue weighted by molar-refractivity contribution is 5.11. The highest BCUT2D eigenvalue weighted by atomic mass is 16.5. The number of rotatable bonds is 2. The Bertz CT molecular complexity index is 630. The zero-order chi connectivity index (χ0) is 14.2. The lowest BCUT2D eigenvalue weighted by atomic mass is 9.84. The van der Waals surface area contributed by atoms with E-state index in [1.807, 2.05) is 11.1 Å². The van der Waals surface area contributed by atoms with Crippen LogP contribution in [-0.4, -0.2) is 38.6 Å². The van der Waals surface area contributed by atoms with Crippen LogP contribution in [0.25, 0.3) is 0 Å². The molecular formula is C11H13N3O5. The minimum absolute atomic E-state index is 0.479. The van der Waals surface area contributed by atoms with Gasteiger partial charge in [0.2, 0.25) is 0 Å². The molecule has 1 aromatic heterocycles. The molecule has 0 amide bonds. The summed E-state index contributed by atoms with van der Waals surface area (Å²) < 4.78 is 6.37. The van der Waals surface area contributed by atoms with Crippen LogP contribution in [0.15, 0.2) is 21.9 Å². The van der Waals surface area contributed by atoms with Gasteiger partial charge in [0.15, 0.2) is 6.23 Å². The maximum absolute atomic E-state index is 11.7. The molecule has 1 aliphatic rings. The Balaban J connectivity index is 2.52. The second-order valence-electron chi connectivity index (χ2n) is 4.57. The van der Waals surface area contributed by atoms with Crippen LogP contribution in [0.3, 0.4) is 0 Å². The number of nitrogens with zero attached hydrogens (tertiary/aromatic N) is 2. The fraction of sp³-hybridized carbons (Fsp3) is 0.545. The van der Waals surface area contributed by atoms with E-state index in [1.54, 1.807) is 0 Å². The van der Waals surface area contributed by atoms with Crippen molar-refractivity contribution < 1.29 is 14.9 Å². The van der Waals surface area contributed by atoms with Crippen molar-refractivity contribution in [3.05, 3.63) is 33.1 Å². The van der Waals surface area contributed by atoms with Crippen LogP contribution in [0.5, 0.6) is 0 Å². The first-order valence-electron chi connectivity index (χ1n) is 5.61. The van der Waals surface area contributed by atoms with Gasteiger partial charge in [-0.3, -0.25) is 14.3 Å². The molecule has 0 spiro atoms. The van der Waals surface area contributed by atoms with Crippen LogP contribution in [0.2, 0.25) is 0 Å². The summed E-state index contributed by atoms with van der Waals surface area (Å²) in [6.07, 6.45) is -2.11. The molecule has 8 nitrogen and oxygen atoms in total. The maximum Gasteiger partial charge on any atom is 0.330 e. The van der Waals surface area contributed by atoms with E-state index < -0.39 is 41.7 Å². The molecule has 0 aromatic carbocycles. The number of aromatic nitrogens is 2. The van der Waals surface area contributed by atoms with Crippen molar-refractivity contribution in [1.82, 2.24) is 9.55 Å². The zero-order valence-corrected chi connectivity index (χ0v) is 10.1. The van der Waals surface area contributed by atoms with Crippen molar-refractivity contribution in [2.24, 2.45) is 5.41 Å². The Kier molecular flexibility index (Phi) is 3.28. The first kappa shape index (κ1) is 13.5. The van der Waals surface area contributed by atoms with E-state index in [0.29, 0.717) is 0 Å². The Hall–Kier alpha value is -1.95. The third-order valence-electron chi connectivity index (χ3n) is 3.31. The lowest BCUT2D eigenvalue weighted by molar-refractivity contribution is -0.0503. The van der Waals surface area contributed by atoms with Gasteiger partial charge >= 0.3 is 5.69 Å². The molecule has 0 saturated carbocycles. The molecule has 4 atom stereocenters. The molecule has 2 rings (SSSR count). The van der Waals surface area contributed by atoms with E-state index in [9.17, 15) is 20.0 Å². The quantitative estimate of drug-likeness (QED) is 0.587. The van der Waals surface area contributed by atoms with E-state index in [0.717, 1.165) is 10.6 Å². The van der Waals surface area contributed by atoms with E-state index >= 15 is 0 Å². The van der Waals surface area contributed by atoms with Crippen LogP contribution in [0, 0.1) is 16.7 Å². The van der Waals surface area contributed by atoms with Gasteiger partial charge in [0, 0.05) is 12.3 Å².